The van der Waals surface area contributed by atoms with Crippen LogP contribution in [0.1, 0.15) is 17.0 Å². The van der Waals surface area contributed by atoms with Gasteiger partial charge in [-0.1, -0.05) is 12.1 Å². The zero-order valence-electron chi connectivity index (χ0n) is 12.0. The summed E-state index contributed by atoms with van der Waals surface area (Å²) in [5, 5.41) is 0. The molecule has 2 aromatic heterocycles. The average molecular weight is 302 g/mol. The fourth-order valence-electron chi connectivity index (χ4n) is 2.39. The van der Waals surface area contributed by atoms with Crippen molar-refractivity contribution in [3.8, 4) is 5.75 Å². The first kappa shape index (κ1) is 13.9. The first-order chi connectivity index (χ1) is 10.2. The van der Waals surface area contributed by atoms with Crippen LogP contribution >= 0.6 is 11.6 Å². The van der Waals surface area contributed by atoms with Crippen molar-refractivity contribution in [3.05, 3.63) is 53.5 Å². The summed E-state index contributed by atoms with van der Waals surface area (Å²) in [4.78, 5) is 9.06. The van der Waals surface area contributed by atoms with Crippen LogP contribution in [-0.4, -0.2) is 21.6 Å². The summed E-state index contributed by atoms with van der Waals surface area (Å²) in [6, 6.07) is 9.94. The molecule has 5 heteroatoms. The molecule has 0 unspecified atom stereocenters. The standard InChI is InChI=1S/C16H16ClN3O/c1-11-19-15-13(9-17)7-8-18-16(15)20(11)10-12-3-5-14(21-2)6-4-12/h3-8H,9-10H2,1-2H3. The van der Waals surface area contributed by atoms with Gasteiger partial charge in [-0.3, -0.25) is 0 Å². The summed E-state index contributed by atoms with van der Waals surface area (Å²) in [5.74, 6) is 2.23. The second-order valence-corrected chi connectivity index (χ2v) is 5.14. The van der Waals surface area contributed by atoms with Crippen LogP contribution in [0, 0.1) is 6.92 Å². The molecule has 3 aromatic rings. The van der Waals surface area contributed by atoms with E-state index in [0.29, 0.717) is 5.88 Å². The van der Waals surface area contributed by atoms with E-state index in [9.17, 15) is 0 Å². The van der Waals surface area contributed by atoms with Crippen LogP contribution in [0.2, 0.25) is 0 Å². The molecule has 0 spiro atoms. The fraction of sp³-hybridized carbons (Fsp3) is 0.250. The highest BCUT2D eigenvalue weighted by atomic mass is 35.5. The normalized spacial score (nSPS) is 11.0. The molecule has 21 heavy (non-hydrogen) atoms. The van der Waals surface area contributed by atoms with Gasteiger partial charge in [-0.15, -0.1) is 11.6 Å². The molecule has 0 aliphatic heterocycles. The van der Waals surface area contributed by atoms with Crippen molar-refractivity contribution in [1.82, 2.24) is 14.5 Å². The van der Waals surface area contributed by atoms with Crippen molar-refractivity contribution < 1.29 is 4.74 Å². The van der Waals surface area contributed by atoms with Crippen LogP contribution in [0.5, 0.6) is 5.75 Å². The van der Waals surface area contributed by atoms with Crippen molar-refractivity contribution in [2.45, 2.75) is 19.3 Å². The van der Waals surface area contributed by atoms with Gasteiger partial charge >= 0.3 is 0 Å². The van der Waals surface area contributed by atoms with Gasteiger partial charge in [0.1, 0.15) is 17.1 Å². The molecule has 3 rings (SSSR count). The predicted molar refractivity (Wildman–Crippen MR) is 83.9 cm³/mol. The Hall–Kier alpha value is -2.07. The molecule has 0 aliphatic rings. The number of methoxy groups -OCH3 is 1. The number of halogens is 1. The predicted octanol–water partition coefficient (Wildman–Crippen LogP) is 3.54. The van der Waals surface area contributed by atoms with Gasteiger partial charge in [-0.25, -0.2) is 9.97 Å². The maximum atomic E-state index is 5.97. The number of ether oxygens (including phenoxy) is 1. The first-order valence-corrected chi connectivity index (χ1v) is 7.26. The zero-order valence-corrected chi connectivity index (χ0v) is 12.8. The third kappa shape index (κ3) is 2.59. The van der Waals surface area contributed by atoms with Crippen molar-refractivity contribution in [3.63, 3.8) is 0 Å². The molecule has 1 aromatic carbocycles. The Morgan fingerprint density at radius 3 is 2.62 bits per heavy atom. The highest BCUT2D eigenvalue weighted by Gasteiger charge is 2.12. The SMILES string of the molecule is COc1ccc(Cn2c(C)nc3c(CCl)ccnc32)cc1. The number of hydrogen-bond acceptors (Lipinski definition) is 3. The second-order valence-electron chi connectivity index (χ2n) is 4.87. The van der Waals surface area contributed by atoms with E-state index < -0.39 is 0 Å². The third-order valence-electron chi connectivity index (χ3n) is 3.55. The lowest BCUT2D eigenvalue weighted by atomic mass is 10.2. The molecule has 2 heterocycles. The maximum absolute atomic E-state index is 5.97. The van der Waals surface area contributed by atoms with E-state index in [1.54, 1.807) is 13.3 Å². The number of aromatic nitrogens is 3. The summed E-state index contributed by atoms with van der Waals surface area (Å²) in [7, 11) is 1.67. The molecule has 0 saturated heterocycles. The lowest BCUT2D eigenvalue weighted by Crippen LogP contribution is -2.03. The number of imidazole rings is 1. The lowest BCUT2D eigenvalue weighted by Gasteiger charge is -2.07. The maximum Gasteiger partial charge on any atom is 0.160 e. The smallest absolute Gasteiger partial charge is 0.160 e. The van der Waals surface area contributed by atoms with Crippen LogP contribution in [0.25, 0.3) is 11.2 Å². The van der Waals surface area contributed by atoms with Crippen LogP contribution in [0.3, 0.4) is 0 Å². The Labute approximate surface area is 128 Å². The Morgan fingerprint density at radius 1 is 1.19 bits per heavy atom. The molecule has 4 nitrogen and oxygen atoms in total. The molecule has 0 saturated carbocycles. The Balaban J connectivity index is 2.01. The summed E-state index contributed by atoms with van der Waals surface area (Å²) in [5.41, 5.74) is 3.95. The molecule has 0 N–H and O–H groups in total. The highest BCUT2D eigenvalue weighted by molar-refractivity contribution is 6.17. The van der Waals surface area contributed by atoms with Gasteiger partial charge < -0.3 is 9.30 Å². The number of alkyl halides is 1. The number of hydrogen-bond donors (Lipinski definition) is 0. The van der Waals surface area contributed by atoms with Crippen LogP contribution in [-0.2, 0) is 12.4 Å². The Kier molecular flexibility index (Phi) is 3.80. The molecular weight excluding hydrogens is 286 g/mol. The van der Waals surface area contributed by atoms with Crippen LogP contribution in [0.4, 0.5) is 0 Å². The van der Waals surface area contributed by atoms with Gasteiger partial charge in [-0.2, -0.15) is 0 Å². The monoisotopic (exact) mass is 301 g/mol. The van der Waals surface area contributed by atoms with Gasteiger partial charge in [0.25, 0.3) is 0 Å². The largest absolute Gasteiger partial charge is 0.497 e. The summed E-state index contributed by atoms with van der Waals surface area (Å²) < 4.78 is 7.29. The van der Waals surface area contributed by atoms with Crippen LogP contribution < -0.4 is 4.74 Å². The topological polar surface area (TPSA) is 39.9 Å². The number of rotatable bonds is 4. The quantitative estimate of drug-likeness (QED) is 0.692. The van der Waals surface area contributed by atoms with E-state index in [1.807, 2.05) is 25.1 Å². The zero-order chi connectivity index (χ0) is 14.8. The molecular formula is C16H16ClN3O. The highest BCUT2D eigenvalue weighted by Crippen LogP contribution is 2.21. The number of pyridine rings is 1. The second kappa shape index (κ2) is 5.74. The minimum Gasteiger partial charge on any atom is -0.497 e. The van der Waals surface area contributed by atoms with Gasteiger partial charge in [0.05, 0.1) is 13.7 Å². The number of aryl methyl sites for hydroxylation is 1. The van der Waals surface area contributed by atoms with Gasteiger partial charge in [0.15, 0.2) is 5.65 Å². The summed E-state index contributed by atoms with van der Waals surface area (Å²) in [6.45, 7) is 2.72. The average Bonchev–Trinajstić information content (AvgIpc) is 2.84. The third-order valence-corrected chi connectivity index (χ3v) is 3.84. The fourth-order valence-corrected chi connectivity index (χ4v) is 2.60. The van der Waals surface area contributed by atoms with Gasteiger partial charge in [-0.05, 0) is 36.2 Å². The minimum atomic E-state index is 0.442. The molecule has 108 valence electrons. The molecule has 0 fully saturated rings. The van der Waals surface area contributed by atoms with Crippen LogP contribution in [0.15, 0.2) is 36.5 Å². The van der Waals surface area contributed by atoms with Crippen molar-refractivity contribution >= 4 is 22.8 Å². The number of benzene rings is 1. The Bertz CT molecular complexity index is 765. The molecule has 0 radical (unpaired) electrons. The van der Waals surface area contributed by atoms with E-state index >= 15 is 0 Å². The van der Waals surface area contributed by atoms with Crippen molar-refractivity contribution in [1.29, 1.82) is 0 Å². The molecule has 0 aliphatic carbocycles. The van der Waals surface area contributed by atoms with Gasteiger partial charge in [0.2, 0.25) is 0 Å². The molecule has 0 bridgehead atoms. The van der Waals surface area contributed by atoms with Crippen molar-refractivity contribution in [2.24, 2.45) is 0 Å². The van der Waals surface area contributed by atoms with E-state index in [-0.39, 0.29) is 0 Å². The lowest BCUT2D eigenvalue weighted by molar-refractivity contribution is 0.414. The van der Waals surface area contributed by atoms with E-state index in [2.05, 4.69) is 26.7 Å². The summed E-state index contributed by atoms with van der Waals surface area (Å²) in [6.07, 6.45) is 1.78. The van der Waals surface area contributed by atoms with E-state index in [1.165, 1.54) is 5.56 Å². The number of fused-ring (bicyclic) bond motifs is 1. The summed E-state index contributed by atoms with van der Waals surface area (Å²) >= 11 is 5.97. The molecule has 0 amide bonds. The van der Waals surface area contributed by atoms with Crippen molar-refractivity contribution in [2.75, 3.05) is 7.11 Å². The molecule has 0 atom stereocenters. The van der Waals surface area contributed by atoms with E-state index in [0.717, 1.165) is 34.8 Å². The number of nitrogens with zero attached hydrogens (tertiary/aromatic N) is 3. The van der Waals surface area contributed by atoms with Gasteiger partial charge in [0, 0.05) is 12.1 Å². The van der Waals surface area contributed by atoms with E-state index in [4.69, 9.17) is 16.3 Å². The minimum absolute atomic E-state index is 0.442. The Morgan fingerprint density at radius 2 is 1.95 bits per heavy atom. The first-order valence-electron chi connectivity index (χ1n) is 6.72.